The number of ether oxygens (including phenoxy) is 1. The van der Waals surface area contributed by atoms with Crippen molar-refractivity contribution in [2.45, 2.75) is 66.2 Å². The number of amides is 1. The third-order valence-electron chi connectivity index (χ3n) is 4.53. The molecule has 0 aliphatic carbocycles. The predicted octanol–water partition coefficient (Wildman–Crippen LogP) is 2.77. The van der Waals surface area contributed by atoms with E-state index < -0.39 is 18.5 Å². The molecule has 3 heterocycles. The fourth-order valence-electron chi connectivity index (χ4n) is 2.99. The van der Waals surface area contributed by atoms with Gasteiger partial charge in [0.25, 0.3) is 11.9 Å². The van der Waals surface area contributed by atoms with Crippen molar-refractivity contribution in [1.82, 2.24) is 29.9 Å². The monoisotopic (exact) mass is 455 g/mol. The van der Waals surface area contributed by atoms with E-state index in [-0.39, 0.29) is 11.8 Å². The molecule has 0 spiro atoms. The molecule has 176 valence electrons. The minimum Gasteiger partial charge on any atom is -0.456 e. The molecule has 0 saturated carbocycles. The zero-order valence-corrected chi connectivity index (χ0v) is 19.8. The van der Waals surface area contributed by atoms with Crippen LogP contribution in [0.1, 0.15) is 62.4 Å². The second-order valence-corrected chi connectivity index (χ2v) is 8.86. The molecule has 0 fully saturated rings. The van der Waals surface area contributed by atoms with Crippen molar-refractivity contribution in [2.24, 2.45) is 0 Å². The van der Waals surface area contributed by atoms with E-state index in [4.69, 9.17) is 9.26 Å². The van der Waals surface area contributed by atoms with Crippen LogP contribution in [0.5, 0.6) is 0 Å². The quantitative estimate of drug-likeness (QED) is 0.508. The largest absolute Gasteiger partial charge is 0.456 e. The van der Waals surface area contributed by atoms with Gasteiger partial charge < -0.3 is 14.6 Å². The number of nitrogens with zero attached hydrogens (tertiary/aromatic N) is 6. The van der Waals surface area contributed by atoms with Gasteiger partial charge in [-0.2, -0.15) is 14.8 Å². The molecular weight excluding hydrogens is 426 g/mol. The number of rotatable bonds is 8. The van der Waals surface area contributed by atoms with E-state index in [2.05, 4.69) is 30.5 Å². The lowest BCUT2D eigenvalue weighted by atomic mass is 9.96. The van der Waals surface area contributed by atoms with Crippen LogP contribution in [0.4, 0.5) is 5.82 Å². The van der Waals surface area contributed by atoms with E-state index in [9.17, 15) is 9.59 Å². The summed E-state index contributed by atoms with van der Waals surface area (Å²) in [6.07, 6.45) is 1.06. The van der Waals surface area contributed by atoms with Crippen molar-refractivity contribution in [3.63, 3.8) is 0 Å². The van der Waals surface area contributed by atoms with Crippen LogP contribution in [-0.2, 0) is 26.2 Å². The number of carbonyl (C=O) groups is 2. The highest BCUT2D eigenvalue weighted by Crippen LogP contribution is 2.19. The maximum atomic E-state index is 12.3. The van der Waals surface area contributed by atoms with Crippen LogP contribution in [0, 0.1) is 20.8 Å². The number of anilines is 1. The molecule has 0 aromatic carbocycles. The summed E-state index contributed by atoms with van der Waals surface area (Å²) in [4.78, 5) is 37.4. The van der Waals surface area contributed by atoms with Gasteiger partial charge in [-0.1, -0.05) is 25.9 Å². The molecule has 3 aromatic heterocycles. The molecule has 0 aliphatic heterocycles. The summed E-state index contributed by atoms with van der Waals surface area (Å²) in [7, 11) is 0. The van der Waals surface area contributed by atoms with Gasteiger partial charge in [-0.05, 0) is 33.3 Å². The van der Waals surface area contributed by atoms with Gasteiger partial charge in [0, 0.05) is 35.7 Å². The second-order valence-electron chi connectivity index (χ2n) is 8.86. The Kier molecular flexibility index (Phi) is 7.19. The van der Waals surface area contributed by atoms with Gasteiger partial charge in [-0.15, -0.1) is 0 Å². The summed E-state index contributed by atoms with van der Waals surface area (Å²) < 4.78 is 11.7. The van der Waals surface area contributed by atoms with Crippen LogP contribution in [-0.4, -0.2) is 48.4 Å². The average Bonchev–Trinajstić information content (AvgIpc) is 3.32. The number of hydrogen-bond donors (Lipinski definition) is 1. The van der Waals surface area contributed by atoms with Crippen LogP contribution in [0.2, 0.25) is 0 Å². The second kappa shape index (κ2) is 9.88. The topological polar surface area (TPSA) is 138 Å². The van der Waals surface area contributed by atoms with E-state index in [0.29, 0.717) is 42.0 Å². The summed E-state index contributed by atoms with van der Waals surface area (Å²) >= 11 is 0. The molecule has 0 aliphatic rings. The highest BCUT2D eigenvalue weighted by atomic mass is 16.5. The van der Waals surface area contributed by atoms with Crippen LogP contribution < -0.4 is 5.32 Å². The van der Waals surface area contributed by atoms with Crippen molar-refractivity contribution >= 4 is 17.7 Å². The first kappa shape index (κ1) is 24.0. The van der Waals surface area contributed by atoms with Crippen LogP contribution >= 0.6 is 0 Å². The first-order valence-corrected chi connectivity index (χ1v) is 10.7. The molecule has 0 bridgehead atoms. The van der Waals surface area contributed by atoms with Crippen molar-refractivity contribution in [3.05, 3.63) is 40.9 Å². The van der Waals surface area contributed by atoms with E-state index >= 15 is 0 Å². The van der Waals surface area contributed by atoms with Gasteiger partial charge in [0.1, 0.15) is 5.82 Å². The molecule has 3 aromatic rings. The Balaban J connectivity index is 1.48. The highest BCUT2D eigenvalue weighted by molar-refractivity contribution is 5.92. The van der Waals surface area contributed by atoms with E-state index in [0.717, 1.165) is 11.4 Å². The molecule has 0 saturated heterocycles. The fourth-order valence-corrected chi connectivity index (χ4v) is 2.99. The van der Waals surface area contributed by atoms with Crippen molar-refractivity contribution in [3.8, 4) is 5.95 Å². The lowest BCUT2D eigenvalue weighted by molar-refractivity contribution is -0.147. The third kappa shape index (κ3) is 6.67. The van der Waals surface area contributed by atoms with Crippen LogP contribution in [0.15, 0.2) is 16.7 Å². The van der Waals surface area contributed by atoms with Gasteiger partial charge >= 0.3 is 5.97 Å². The van der Waals surface area contributed by atoms with Crippen molar-refractivity contribution < 1.29 is 18.8 Å². The Labute approximate surface area is 192 Å². The fraction of sp³-hybridized carbons (Fsp3) is 0.500. The van der Waals surface area contributed by atoms with E-state index in [1.54, 1.807) is 13.0 Å². The molecule has 1 amide bonds. The van der Waals surface area contributed by atoms with Crippen molar-refractivity contribution in [2.75, 3.05) is 11.9 Å². The van der Waals surface area contributed by atoms with E-state index in [1.807, 2.05) is 40.7 Å². The number of carbonyl (C=O) groups excluding carboxylic acids is 2. The van der Waals surface area contributed by atoms with Gasteiger partial charge in [-0.25, -0.2) is 9.97 Å². The average molecular weight is 456 g/mol. The van der Waals surface area contributed by atoms with Crippen molar-refractivity contribution in [1.29, 1.82) is 0 Å². The van der Waals surface area contributed by atoms with Crippen LogP contribution in [0.25, 0.3) is 5.95 Å². The summed E-state index contributed by atoms with van der Waals surface area (Å²) in [5, 5.41) is 11.0. The number of nitrogens with one attached hydrogen (secondary N) is 1. The number of aryl methyl sites for hydroxylation is 4. The van der Waals surface area contributed by atoms with Gasteiger partial charge in [-0.3, -0.25) is 9.59 Å². The third-order valence-corrected chi connectivity index (χ3v) is 4.53. The lowest BCUT2D eigenvalue weighted by Gasteiger charge is -2.10. The molecule has 3 rings (SSSR count). The molecule has 11 heteroatoms. The molecule has 0 atom stereocenters. The first-order chi connectivity index (χ1) is 15.5. The van der Waals surface area contributed by atoms with Gasteiger partial charge in [0.05, 0.1) is 5.69 Å². The Bertz CT molecular complexity index is 1120. The normalized spacial score (nSPS) is 11.5. The zero-order valence-electron chi connectivity index (χ0n) is 19.8. The van der Waals surface area contributed by atoms with Gasteiger partial charge in [0.15, 0.2) is 12.4 Å². The SMILES string of the molecule is Cc1cc(C)nc(-n2nc(C)cc2NC(=O)COC(=O)CCCc2nc(C(C)(C)C)no2)n1. The Morgan fingerprint density at radius 3 is 2.39 bits per heavy atom. The smallest absolute Gasteiger partial charge is 0.306 e. The number of hydrogen-bond acceptors (Lipinski definition) is 9. The summed E-state index contributed by atoms with van der Waals surface area (Å²) in [6.45, 7) is 11.1. The molecule has 33 heavy (non-hydrogen) atoms. The molecule has 0 radical (unpaired) electrons. The summed E-state index contributed by atoms with van der Waals surface area (Å²) in [6, 6.07) is 3.54. The molecule has 0 unspecified atom stereocenters. The standard InChI is InChI=1S/C22H29N7O4/c1-13-10-14(2)24-21(23-13)29-16(11-15(3)27-29)25-17(30)12-32-19(31)9-7-8-18-26-20(28-33-18)22(4,5)6/h10-11H,7-9,12H2,1-6H3,(H,25,30). The number of aromatic nitrogens is 6. The minimum atomic E-state index is -0.486. The Hall–Kier alpha value is -3.63. The Morgan fingerprint density at radius 2 is 1.76 bits per heavy atom. The first-order valence-electron chi connectivity index (χ1n) is 10.7. The molecule has 1 N–H and O–H groups in total. The highest BCUT2D eigenvalue weighted by Gasteiger charge is 2.21. The summed E-state index contributed by atoms with van der Waals surface area (Å²) in [5.74, 6) is 0.872. The lowest BCUT2D eigenvalue weighted by Crippen LogP contribution is -2.22. The summed E-state index contributed by atoms with van der Waals surface area (Å²) in [5.41, 5.74) is 2.05. The number of esters is 1. The minimum absolute atomic E-state index is 0.133. The zero-order chi connectivity index (χ0) is 24.2. The van der Waals surface area contributed by atoms with E-state index in [1.165, 1.54) is 4.68 Å². The van der Waals surface area contributed by atoms with Crippen LogP contribution in [0.3, 0.4) is 0 Å². The Morgan fingerprint density at radius 1 is 1.06 bits per heavy atom. The van der Waals surface area contributed by atoms with Gasteiger partial charge in [0.2, 0.25) is 5.89 Å². The maximum absolute atomic E-state index is 12.3. The molecular formula is C22H29N7O4. The predicted molar refractivity (Wildman–Crippen MR) is 119 cm³/mol. The maximum Gasteiger partial charge on any atom is 0.306 e. The molecule has 11 nitrogen and oxygen atoms in total.